The zero-order chi connectivity index (χ0) is 19.2. The Bertz CT molecular complexity index is 969. The van der Waals surface area contributed by atoms with E-state index in [-0.39, 0.29) is 30.9 Å². The van der Waals surface area contributed by atoms with Crippen LogP contribution in [0.3, 0.4) is 0 Å². The van der Waals surface area contributed by atoms with Gasteiger partial charge in [0.1, 0.15) is 22.9 Å². The SMILES string of the molecule is CCOC(=O)CCC(=O)c1nc2cc(Oc3ccccc3)ccc2cc1O. The van der Waals surface area contributed by atoms with Crippen molar-refractivity contribution in [1.29, 1.82) is 0 Å². The van der Waals surface area contributed by atoms with Gasteiger partial charge in [-0.1, -0.05) is 18.2 Å². The van der Waals surface area contributed by atoms with Crippen molar-refractivity contribution in [1.82, 2.24) is 4.98 Å². The molecule has 27 heavy (non-hydrogen) atoms. The Morgan fingerprint density at radius 3 is 2.52 bits per heavy atom. The number of ether oxygens (including phenoxy) is 2. The Balaban J connectivity index is 1.82. The molecule has 6 nitrogen and oxygen atoms in total. The molecule has 0 fully saturated rings. The average Bonchev–Trinajstić information content (AvgIpc) is 2.67. The van der Waals surface area contributed by atoms with E-state index in [2.05, 4.69) is 4.98 Å². The van der Waals surface area contributed by atoms with Crippen molar-refractivity contribution in [3.8, 4) is 17.2 Å². The molecule has 0 amide bonds. The molecule has 138 valence electrons. The van der Waals surface area contributed by atoms with Crippen molar-refractivity contribution < 1.29 is 24.2 Å². The molecule has 1 heterocycles. The first kappa shape index (κ1) is 18.4. The molecule has 1 N–H and O–H groups in total. The van der Waals surface area contributed by atoms with Gasteiger partial charge in [-0.2, -0.15) is 0 Å². The van der Waals surface area contributed by atoms with Crippen LogP contribution in [-0.2, 0) is 9.53 Å². The number of aromatic hydroxyl groups is 1. The fraction of sp³-hybridized carbons (Fsp3) is 0.190. The van der Waals surface area contributed by atoms with Crippen LogP contribution in [0.15, 0.2) is 54.6 Å². The Kier molecular flexibility index (Phi) is 5.66. The van der Waals surface area contributed by atoms with Gasteiger partial charge in [0.25, 0.3) is 0 Å². The molecule has 0 radical (unpaired) electrons. The molecular formula is C21H19NO5. The summed E-state index contributed by atoms with van der Waals surface area (Å²) in [5.74, 6) is 0.160. The van der Waals surface area contributed by atoms with Crippen LogP contribution >= 0.6 is 0 Å². The second-order valence-electron chi connectivity index (χ2n) is 5.85. The van der Waals surface area contributed by atoms with Gasteiger partial charge < -0.3 is 14.6 Å². The summed E-state index contributed by atoms with van der Waals surface area (Å²) in [4.78, 5) is 28.0. The molecule has 0 spiro atoms. The first-order valence-electron chi connectivity index (χ1n) is 8.62. The zero-order valence-corrected chi connectivity index (χ0v) is 14.8. The van der Waals surface area contributed by atoms with Crippen LogP contribution in [-0.4, -0.2) is 28.4 Å². The van der Waals surface area contributed by atoms with Gasteiger partial charge >= 0.3 is 5.97 Å². The molecule has 0 unspecified atom stereocenters. The van der Waals surface area contributed by atoms with Crippen LogP contribution in [0.25, 0.3) is 10.9 Å². The molecule has 3 rings (SSSR count). The number of esters is 1. The molecule has 6 heteroatoms. The van der Waals surface area contributed by atoms with Crippen LogP contribution in [0, 0.1) is 0 Å². The number of pyridine rings is 1. The molecule has 0 saturated heterocycles. The fourth-order valence-electron chi connectivity index (χ4n) is 2.60. The maximum atomic E-state index is 12.3. The largest absolute Gasteiger partial charge is 0.506 e. The summed E-state index contributed by atoms with van der Waals surface area (Å²) in [7, 11) is 0. The van der Waals surface area contributed by atoms with Gasteiger partial charge in [-0.3, -0.25) is 9.59 Å². The predicted octanol–water partition coefficient (Wildman–Crippen LogP) is 4.26. The minimum atomic E-state index is -0.454. The number of fused-ring (bicyclic) bond motifs is 1. The van der Waals surface area contributed by atoms with Gasteiger partial charge in [0, 0.05) is 17.9 Å². The zero-order valence-electron chi connectivity index (χ0n) is 14.8. The highest BCUT2D eigenvalue weighted by molar-refractivity contribution is 6.00. The summed E-state index contributed by atoms with van der Waals surface area (Å²) >= 11 is 0. The summed E-state index contributed by atoms with van der Waals surface area (Å²) in [6.45, 7) is 1.96. The quantitative estimate of drug-likeness (QED) is 0.497. The average molecular weight is 365 g/mol. The van der Waals surface area contributed by atoms with Gasteiger partial charge in [-0.15, -0.1) is 0 Å². The monoisotopic (exact) mass is 365 g/mol. The van der Waals surface area contributed by atoms with E-state index in [9.17, 15) is 14.7 Å². The number of carbonyl (C=O) groups excluding carboxylic acids is 2. The predicted molar refractivity (Wildman–Crippen MR) is 100 cm³/mol. The molecule has 2 aromatic carbocycles. The van der Waals surface area contributed by atoms with E-state index in [0.29, 0.717) is 22.4 Å². The lowest BCUT2D eigenvalue weighted by Crippen LogP contribution is -2.09. The fourth-order valence-corrected chi connectivity index (χ4v) is 2.60. The van der Waals surface area contributed by atoms with E-state index in [1.54, 1.807) is 25.1 Å². The molecule has 0 saturated carbocycles. The number of nitrogens with zero attached hydrogens (tertiary/aromatic N) is 1. The standard InChI is InChI=1S/C21H19NO5/c1-2-26-20(25)11-10-18(23)21-19(24)12-14-8-9-16(13-17(14)22-21)27-15-6-4-3-5-7-15/h3-9,12-13,24H,2,10-11H2,1H3. The maximum Gasteiger partial charge on any atom is 0.306 e. The Labute approximate surface area is 156 Å². The van der Waals surface area contributed by atoms with Crippen LogP contribution in [0.1, 0.15) is 30.3 Å². The van der Waals surface area contributed by atoms with Gasteiger partial charge in [-0.05, 0) is 37.3 Å². The maximum absolute atomic E-state index is 12.3. The lowest BCUT2D eigenvalue weighted by atomic mass is 10.1. The summed E-state index contributed by atoms with van der Waals surface area (Å²) in [5, 5.41) is 10.8. The molecule has 0 bridgehead atoms. The van der Waals surface area contributed by atoms with Crippen LogP contribution < -0.4 is 4.74 Å². The van der Waals surface area contributed by atoms with Crippen molar-refractivity contribution in [2.75, 3.05) is 6.61 Å². The number of hydrogen-bond donors (Lipinski definition) is 1. The van der Waals surface area contributed by atoms with Crippen LogP contribution in [0.5, 0.6) is 17.2 Å². The Morgan fingerprint density at radius 1 is 1.00 bits per heavy atom. The lowest BCUT2D eigenvalue weighted by molar-refractivity contribution is -0.143. The van der Waals surface area contributed by atoms with Crippen LogP contribution in [0.4, 0.5) is 0 Å². The summed E-state index contributed by atoms with van der Waals surface area (Å²) in [5.41, 5.74) is 0.448. The summed E-state index contributed by atoms with van der Waals surface area (Å²) < 4.78 is 10.6. The number of benzene rings is 2. The highest BCUT2D eigenvalue weighted by atomic mass is 16.5. The number of Topliss-reactive ketones (excluding diaryl/α,β-unsaturated/α-hetero) is 1. The second-order valence-corrected chi connectivity index (χ2v) is 5.85. The number of hydrogen-bond acceptors (Lipinski definition) is 6. The highest BCUT2D eigenvalue weighted by Crippen LogP contribution is 2.28. The van der Waals surface area contributed by atoms with Crippen molar-refractivity contribution in [2.24, 2.45) is 0 Å². The minimum absolute atomic E-state index is 0.0526. The van der Waals surface area contributed by atoms with Gasteiger partial charge in [0.15, 0.2) is 5.78 Å². The molecule has 0 aliphatic rings. The van der Waals surface area contributed by atoms with Crippen molar-refractivity contribution in [3.63, 3.8) is 0 Å². The number of rotatable bonds is 7. The van der Waals surface area contributed by atoms with Crippen molar-refractivity contribution >= 4 is 22.7 Å². The van der Waals surface area contributed by atoms with Crippen molar-refractivity contribution in [2.45, 2.75) is 19.8 Å². The third-order valence-electron chi connectivity index (χ3n) is 3.87. The smallest absolute Gasteiger partial charge is 0.306 e. The molecule has 3 aromatic rings. The summed E-state index contributed by atoms with van der Waals surface area (Å²) in [6, 6.07) is 16.0. The number of carbonyl (C=O) groups is 2. The molecule has 1 aromatic heterocycles. The normalized spacial score (nSPS) is 10.6. The van der Waals surface area contributed by atoms with E-state index < -0.39 is 11.8 Å². The highest BCUT2D eigenvalue weighted by Gasteiger charge is 2.16. The van der Waals surface area contributed by atoms with Gasteiger partial charge in [-0.25, -0.2) is 4.98 Å². The van der Waals surface area contributed by atoms with E-state index in [0.717, 1.165) is 0 Å². The van der Waals surface area contributed by atoms with E-state index in [4.69, 9.17) is 9.47 Å². The van der Waals surface area contributed by atoms with E-state index in [1.807, 2.05) is 30.3 Å². The molecule has 0 aliphatic carbocycles. The third kappa shape index (κ3) is 4.61. The van der Waals surface area contributed by atoms with Gasteiger partial charge in [0.05, 0.1) is 18.5 Å². The van der Waals surface area contributed by atoms with Gasteiger partial charge in [0.2, 0.25) is 0 Å². The molecule has 0 aliphatic heterocycles. The van der Waals surface area contributed by atoms with Crippen LogP contribution in [0.2, 0.25) is 0 Å². The molecular weight excluding hydrogens is 346 g/mol. The van der Waals surface area contributed by atoms with Crippen molar-refractivity contribution in [3.05, 3.63) is 60.3 Å². The van der Waals surface area contributed by atoms with E-state index in [1.165, 1.54) is 6.07 Å². The first-order chi connectivity index (χ1) is 13.1. The first-order valence-corrected chi connectivity index (χ1v) is 8.62. The second kappa shape index (κ2) is 8.31. The topological polar surface area (TPSA) is 85.7 Å². The Hall–Kier alpha value is -3.41. The lowest BCUT2D eigenvalue weighted by Gasteiger charge is -2.09. The molecule has 0 atom stereocenters. The Morgan fingerprint density at radius 2 is 1.78 bits per heavy atom. The number of ketones is 1. The summed E-state index contributed by atoms with van der Waals surface area (Å²) in [6.07, 6.45) is -0.131. The van der Waals surface area contributed by atoms with E-state index >= 15 is 0 Å². The number of aromatic nitrogens is 1. The third-order valence-corrected chi connectivity index (χ3v) is 3.87. The minimum Gasteiger partial charge on any atom is -0.506 e. The number of para-hydroxylation sites is 1.